The highest BCUT2D eigenvalue weighted by Gasteiger charge is 2.12. The van der Waals surface area contributed by atoms with Crippen LogP contribution in [0.25, 0.3) is 11.5 Å². The van der Waals surface area contributed by atoms with Gasteiger partial charge in [0.05, 0.1) is 19.5 Å². The van der Waals surface area contributed by atoms with Crippen molar-refractivity contribution in [3.63, 3.8) is 0 Å². The monoisotopic (exact) mass is 430 g/mol. The quantitative estimate of drug-likeness (QED) is 0.363. The summed E-state index contributed by atoms with van der Waals surface area (Å²) in [7, 11) is 3.20. The molecule has 3 aromatic rings. The first-order chi connectivity index (χ1) is 14.7. The van der Waals surface area contributed by atoms with Gasteiger partial charge in [0.15, 0.2) is 0 Å². The first kappa shape index (κ1) is 21.6. The highest BCUT2D eigenvalue weighted by Crippen LogP contribution is 2.24. The largest absolute Gasteiger partial charge is 0.497 e. The molecular formula is C20H22N4O5S. The Morgan fingerprint density at radius 3 is 2.73 bits per heavy atom. The van der Waals surface area contributed by atoms with E-state index in [1.165, 1.54) is 11.8 Å². The average Bonchev–Trinajstić information content (AvgIpc) is 3.26. The molecule has 158 valence electrons. The lowest BCUT2D eigenvalue weighted by Gasteiger charge is -2.10. The van der Waals surface area contributed by atoms with Crippen LogP contribution in [0.2, 0.25) is 0 Å². The second-order valence-corrected chi connectivity index (χ2v) is 6.90. The van der Waals surface area contributed by atoms with E-state index in [4.69, 9.17) is 18.6 Å². The van der Waals surface area contributed by atoms with Gasteiger partial charge in [-0.05, 0) is 30.3 Å². The Balaban J connectivity index is 1.48. The van der Waals surface area contributed by atoms with E-state index in [0.29, 0.717) is 36.8 Å². The summed E-state index contributed by atoms with van der Waals surface area (Å²) in [6.07, 6.45) is 1.64. The van der Waals surface area contributed by atoms with Crippen LogP contribution in [0, 0.1) is 0 Å². The van der Waals surface area contributed by atoms with Gasteiger partial charge in [-0.25, -0.2) is 4.98 Å². The third-order valence-corrected chi connectivity index (χ3v) is 4.74. The number of nitrogens with one attached hydrogen (secondary N) is 1. The number of amides is 1. The Morgan fingerprint density at radius 1 is 1.13 bits per heavy atom. The molecule has 0 bridgehead atoms. The summed E-state index contributed by atoms with van der Waals surface area (Å²) >= 11 is 1.17. The zero-order valence-corrected chi connectivity index (χ0v) is 17.5. The molecule has 0 radical (unpaired) electrons. The molecule has 3 rings (SSSR count). The number of thioether (sulfide) groups is 1. The minimum Gasteiger partial charge on any atom is -0.497 e. The molecule has 10 heteroatoms. The van der Waals surface area contributed by atoms with Gasteiger partial charge < -0.3 is 23.9 Å². The molecular weight excluding hydrogens is 408 g/mol. The Bertz CT molecular complexity index is 948. The highest BCUT2D eigenvalue weighted by molar-refractivity contribution is 7.99. The normalized spacial score (nSPS) is 10.6. The molecule has 1 amide bonds. The van der Waals surface area contributed by atoms with Crippen LogP contribution in [-0.4, -0.2) is 54.3 Å². The summed E-state index contributed by atoms with van der Waals surface area (Å²) in [6, 6.07) is 10.9. The summed E-state index contributed by atoms with van der Waals surface area (Å²) < 4.78 is 21.3. The molecule has 2 aromatic heterocycles. The van der Waals surface area contributed by atoms with E-state index >= 15 is 0 Å². The second-order valence-electron chi connectivity index (χ2n) is 5.98. The average molecular weight is 430 g/mol. The number of pyridine rings is 1. The zero-order valence-electron chi connectivity index (χ0n) is 16.7. The van der Waals surface area contributed by atoms with Crippen LogP contribution in [0.3, 0.4) is 0 Å². The van der Waals surface area contributed by atoms with Crippen molar-refractivity contribution in [2.24, 2.45) is 0 Å². The molecule has 1 N–H and O–H groups in total. The van der Waals surface area contributed by atoms with Crippen LogP contribution >= 0.6 is 11.8 Å². The Kier molecular flexibility index (Phi) is 8.04. The Labute approximate surface area is 178 Å². The number of hydrogen-bond acceptors (Lipinski definition) is 9. The number of carbonyl (C=O) groups is 1. The lowest BCUT2D eigenvalue weighted by atomic mass is 10.2. The van der Waals surface area contributed by atoms with Crippen molar-refractivity contribution < 1.29 is 23.4 Å². The predicted molar refractivity (Wildman–Crippen MR) is 110 cm³/mol. The van der Waals surface area contributed by atoms with E-state index < -0.39 is 0 Å². The smallest absolute Gasteiger partial charge is 0.277 e. The predicted octanol–water partition coefficient (Wildman–Crippen LogP) is 2.57. The van der Waals surface area contributed by atoms with Crippen molar-refractivity contribution in [3.8, 4) is 23.1 Å². The van der Waals surface area contributed by atoms with E-state index in [-0.39, 0.29) is 11.7 Å². The Morgan fingerprint density at radius 2 is 1.97 bits per heavy atom. The van der Waals surface area contributed by atoms with Gasteiger partial charge in [-0.2, -0.15) is 0 Å². The van der Waals surface area contributed by atoms with Crippen LogP contribution in [0.4, 0.5) is 0 Å². The summed E-state index contributed by atoms with van der Waals surface area (Å²) in [5.74, 6) is 1.57. The molecule has 0 atom stereocenters. The number of aromatic nitrogens is 3. The van der Waals surface area contributed by atoms with Crippen LogP contribution in [-0.2, 0) is 16.1 Å². The molecule has 0 aliphatic rings. The maximum absolute atomic E-state index is 12.2. The van der Waals surface area contributed by atoms with Crippen molar-refractivity contribution in [1.82, 2.24) is 20.5 Å². The van der Waals surface area contributed by atoms with Crippen molar-refractivity contribution in [2.75, 3.05) is 33.2 Å². The maximum Gasteiger partial charge on any atom is 0.277 e. The van der Waals surface area contributed by atoms with E-state index in [1.807, 2.05) is 30.3 Å². The number of hydrogen-bond donors (Lipinski definition) is 1. The number of nitrogens with zero attached hydrogens (tertiary/aromatic N) is 3. The topological polar surface area (TPSA) is 109 Å². The molecule has 0 spiro atoms. The van der Waals surface area contributed by atoms with Gasteiger partial charge in [0.2, 0.25) is 17.7 Å². The third-order valence-electron chi connectivity index (χ3n) is 3.92. The van der Waals surface area contributed by atoms with E-state index in [1.54, 1.807) is 26.5 Å². The summed E-state index contributed by atoms with van der Waals surface area (Å²) in [5, 5.41) is 11.1. The first-order valence-corrected chi connectivity index (χ1v) is 10.1. The molecule has 0 unspecified atom stereocenters. The van der Waals surface area contributed by atoms with Gasteiger partial charge in [-0.3, -0.25) is 4.79 Å². The summed E-state index contributed by atoms with van der Waals surface area (Å²) in [6.45, 7) is 1.15. The highest BCUT2D eigenvalue weighted by atomic mass is 32.2. The molecule has 0 fully saturated rings. The fourth-order valence-corrected chi connectivity index (χ4v) is 2.99. The number of ether oxygens (including phenoxy) is 3. The second kappa shape index (κ2) is 11.2. The summed E-state index contributed by atoms with van der Waals surface area (Å²) in [4.78, 5) is 16.4. The number of methoxy groups -OCH3 is 2. The molecule has 0 aliphatic carbocycles. The molecule has 30 heavy (non-hydrogen) atoms. The van der Waals surface area contributed by atoms with E-state index in [9.17, 15) is 4.79 Å². The Hall–Kier alpha value is -3.11. The van der Waals surface area contributed by atoms with Crippen molar-refractivity contribution in [1.29, 1.82) is 0 Å². The van der Waals surface area contributed by atoms with Gasteiger partial charge in [-0.15, -0.1) is 10.2 Å². The molecule has 0 saturated carbocycles. The van der Waals surface area contributed by atoms with Crippen molar-refractivity contribution in [3.05, 3.63) is 48.2 Å². The lowest BCUT2D eigenvalue weighted by Crippen LogP contribution is -2.25. The van der Waals surface area contributed by atoms with Crippen LogP contribution < -0.4 is 14.8 Å². The maximum atomic E-state index is 12.2. The van der Waals surface area contributed by atoms with Gasteiger partial charge in [0.1, 0.15) is 12.4 Å². The van der Waals surface area contributed by atoms with Crippen molar-refractivity contribution >= 4 is 17.7 Å². The van der Waals surface area contributed by atoms with E-state index in [2.05, 4.69) is 20.5 Å². The number of carbonyl (C=O) groups excluding carboxylic acids is 1. The molecule has 9 nitrogen and oxygen atoms in total. The SMILES string of the molecule is COCCOc1ncccc1CNC(=O)CSc1nnc(-c2ccc(OC)cc2)o1. The molecule has 0 aliphatic heterocycles. The van der Waals surface area contributed by atoms with Gasteiger partial charge >= 0.3 is 0 Å². The standard InChI is InChI=1S/C20H22N4O5S/c1-26-10-11-28-18-15(4-3-9-21-18)12-22-17(25)13-30-20-24-23-19(29-20)14-5-7-16(27-2)8-6-14/h3-9H,10-13H2,1-2H3,(H,22,25). The molecule has 0 saturated heterocycles. The van der Waals surface area contributed by atoms with Gasteiger partial charge in [-0.1, -0.05) is 17.8 Å². The number of benzene rings is 1. The van der Waals surface area contributed by atoms with Crippen molar-refractivity contribution in [2.45, 2.75) is 11.8 Å². The van der Waals surface area contributed by atoms with Crippen LogP contribution in [0.15, 0.2) is 52.2 Å². The molecule has 2 heterocycles. The van der Waals surface area contributed by atoms with Crippen LogP contribution in [0.5, 0.6) is 11.6 Å². The first-order valence-electron chi connectivity index (χ1n) is 9.12. The van der Waals surface area contributed by atoms with Crippen LogP contribution in [0.1, 0.15) is 5.56 Å². The fourth-order valence-electron chi connectivity index (χ4n) is 2.40. The lowest BCUT2D eigenvalue weighted by molar-refractivity contribution is -0.118. The fraction of sp³-hybridized carbons (Fsp3) is 0.300. The van der Waals surface area contributed by atoms with Gasteiger partial charge in [0.25, 0.3) is 5.22 Å². The van der Waals surface area contributed by atoms with E-state index in [0.717, 1.165) is 16.9 Å². The summed E-state index contributed by atoms with van der Waals surface area (Å²) in [5.41, 5.74) is 1.56. The number of rotatable bonds is 11. The third kappa shape index (κ3) is 6.19. The zero-order chi connectivity index (χ0) is 21.2. The minimum atomic E-state index is -0.170. The minimum absolute atomic E-state index is 0.143. The van der Waals surface area contributed by atoms with Gasteiger partial charge in [0, 0.05) is 31.0 Å². The molecule has 1 aromatic carbocycles.